The first kappa shape index (κ1) is 16.9. The van der Waals surface area contributed by atoms with Crippen LogP contribution in [0.2, 0.25) is 0 Å². The molecule has 2 amide bonds. The summed E-state index contributed by atoms with van der Waals surface area (Å²) in [5.41, 5.74) is 1.75. The van der Waals surface area contributed by atoms with E-state index in [9.17, 15) is 18.0 Å². The van der Waals surface area contributed by atoms with Gasteiger partial charge in [-0.3, -0.25) is 14.5 Å². The van der Waals surface area contributed by atoms with Gasteiger partial charge in [0.2, 0.25) is 10.0 Å². The van der Waals surface area contributed by atoms with Gasteiger partial charge in [-0.2, -0.15) is 4.31 Å². The van der Waals surface area contributed by atoms with Crippen molar-refractivity contribution in [2.45, 2.75) is 24.3 Å². The minimum absolute atomic E-state index is 0.127. The number of sulfonamides is 1. The number of aryl methyl sites for hydroxylation is 1. The molecular weight excluding hydrogens is 352 g/mol. The monoisotopic (exact) mass is 370 g/mol. The average Bonchev–Trinajstić information content (AvgIpc) is 3.20. The van der Waals surface area contributed by atoms with Crippen LogP contribution in [0.1, 0.15) is 32.7 Å². The highest BCUT2D eigenvalue weighted by Gasteiger charge is 2.44. The summed E-state index contributed by atoms with van der Waals surface area (Å²) in [6, 6.07) is 12.9. The van der Waals surface area contributed by atoms with Crippen molar-refractivity contribution in [3.63, 3.8) is 0 Å². The molecule has 0 aromatic heterocycles. The fourth-order valence-corrected chi connectivity index (χ4v) is 5.03. The van der Waals surface area contributed by atoms with Crippen molar-refractivity contribution < 1.29 is 18.0 Å². The quantitative estimate of drug-likeness (QED) is 0.775. The van der Waals surface area contributed by atoms with Crippen LogP contribution in [0.4, 0.5) is 0 Å². The van der Waals surface area contributed by atoms with Crippen LogP contribution in [0.15, 0.2) is 53.4 Å². The molecular formula is C19H18N2O4S. The SMILES string of the molecule is Cc1ccc(S(=O)(=O)N2CCC(N3C(=O)c4ccccc4C3=O)C2)cc1. The molecule has 0 aliphatic carbocycles. The molecule has 2 heterocycles. The van der Waals surface area contributed by atoms with E-state index in [4.69, 9.17) is 0 Å². The number of rotatable bonds is 3. The van der Waals surface area contributed by atoms with Gasteiger partial charge in [-0.05, 0) is 37.6 Å². The average molecular weight is 370 g/mol. The van der Waals surface area contributed by atoms with E-state index < -0.39 is 16.1 Å². The van der Waals surface area contributed by atoms with Crippen molar-refractivity contribution in [2.24, 2.45) is 0 Å². The molecule has 0 spiro atoms. The summed E-state index contributed by atoms with van der Waals surface area (Å²) in [5, 5.41) is 0. The molecule has 134 valence electrons. The van der Waals surface area contributed by atoms with Crippen molar-refractivity contribution in [1.29, 1.82) is 0 Å². The van der Waals surface area contributed by atoms with Crippen LogP contribution in [0.5, 0.6) is 0 Å². The molecule has 4 rings (SSSR count). The third kappa shape index (κ3) is 2.55. The summed E-state index contributed by atoms with van der Waals surface area (Å²) in [5.74, 6) is -0.685. The Kier molecular flexibility index (Phi) is 3.93. The van der Waals surface area contributed by atoms with E-state index in [1.165, 1.54) is 9.21 Å². The predicted octanol–water partition coefficient (Wildman–Crippen LogP) is 2.05. The molecule has 0 N–H and O–H groups in total. The van der Waals surface area contributed by atoms with E-state index in [2.05, 4.69) is 0 Å². The van der Waals surface area contributed by atoms with Crippen LogP contribution >= 0.6 is 0 Å². The van der Waals surface area contributed by atoms with Gasteiger partial charge in [0.1, 0.15) is 0 Å². The number of hydrogen-bond donors (Lipinski definition) is 0. The van der Waals surface area contributed by atoms with Crippen molar-refractivity contribution in [3.8, 4) is 0 Å². The molecule has 0 bridgehead atoms. The van der Waals surface area contributed by atoms with Gasteiger partial charge < -0.3 is 0 Å². The lowest BCUT2D eigenvalue weighted by atomic mass is 10.1. The summed E-state index contributed by atoms with van der Waals surface area (Å²) < 4.78 is 27.0. The lowest BCUT2D eigenvalue weighted by molar-refractivity contribution is 0.0593. The molecule has 7 heteroatoms. The number of nitrogens with zero attached hydrogens (tertiary/aromatic N) is 2. The number of fused-ring (bicyclic) bond motifs is 1. The van der Waals surface area contributed by atoms with Crippen molar-refractivity contribution in [3.05, 3.63) is 65.2 Å². The van der Waals surface area contributed by atoms with Crippen LogP contribution in [-0.2, 0) is 10.0 Å². The summed E-state index contributed by atoms with van der Waals surface area (Å²) in [6.45, 7) is 2.31. The van der Waals surface area contributed by atoms with Crippen LogP contribution in [-0.4, -0.2) is 48.6 Å². The Labute approximate surface area is 152 Å². The minimum atomic E-state index is -3.64. The molecule has 2 aromatic carbocycles. The number of benzene rings is 2. The Balaban J connectivity index is 1.57. The number of imide groups is 1. The fourth-order valence-electron chi connectivity index (χ4n) is 3.54. The topological polar surface area (TPSA) is 74.8 Å². The zero-order valence-electron chi connectivity index (χ0n) is 14.3. The van der Waals surface area contributed by atoms with Gasteiger partial charge in [0.05, 0.1) is 22.1 Å². The largest absolute Gasteiger partial charge is 0.270 e. The number of carbonyl (C=O) groups is 2. The van der Waals surface area contributed by atoms with Crippen LogP contribution in [0.25, 0.3) is 0 Å². The first-order valence-corrected chi connectivity index (χ1v) is 9.87. The van der Waals surface area contributed by atoms with Gasteiger partial charge in [0, 0.05) is 13.1 Å². The Hall–Kier alpha value is -2.51. The summed E-state index contributed by atoms with van der Waals surface area (Å²) >= 11 is 0. The van der Waals surface area contributed by atoms with Gasteiger partial charge in [-0.15, -0.1) is 0 Å². The van der Waals surface area contributed by atoms with Crippen LogP contribution in [0, 0.1) is 6.92 Å². The second-order valence-corrected chi connectivity index (χ2v) is 8.58. The summed E-state index contributed by atoms with van der Waals surface area (Å²) in [4.78, 5) is 26.6. The van der Waals surface area contributed by atoms with Gasteiger partial charge in [-0.1, -0.05) is 29.8 Å². The van der Waals surface area contributed by atoms with Crippen molar-refractivity contribution in [2.75, 3.05) is 13.1 Å². The van der Waals surface area contributed by atoms with Crippen molar-refractivity contribution >= 4 is 21.8 Å². The molecule has 2 aliphatic heterocycles. The summed E-state index contributed by atoms with van der Waals surface area (Å²) in [6.07, 6.45) is 0.441. The van der Waals surface area contributed by atoms with Crippen LogP contribution < -0.4 is 0 Å². The Morgan fingerprint density at radius 3 is 2.08 bits per heavy atom. The minimum Gasteiger partial charge on any atom is -0.270 e. The highest BCUT2D eigenvalue weighted by molar-refractivity contribution is 7.89. The first-order valence-electron chi connectivity index (χ1n) is 8.43. The van der Waals surface area contributed by atoms with Gasteiger partial charge in [0.25, 0.3) is 11.8 Å². The molecule has 0 radical (unpaired) electrons. The fraction of sp³-hybridized carbons (Fsp3) is 0.263. The van der Waals surface area contributed by atoms with Gasteiger partial charge >= 0.3 is 0 Å². The maximum Gasteiger partial charge on any atom is 0.261 e. The highest BCUT2D eigenvalue weighted by Crippen LogP contribution is 2.30. The Morgan fingerprint density at radius 1 is 0.923 bits per heavy atom. The van der Waals surface area contributed by atoms with E-state index in [1.807, 2.05) is 6.92 Å². The third-order valence-corrected chi connectivity index (χ3v) is 6.85. The Bertz CT molecular complexity index is 963. The van der Waals surface area contributed by atoms with E-state index in [-0.39, 0.29) is 29.8 Å². The van der Waals surface area contributed by atoms with E-state index in [1.54, 1.807) is 48.5 Å². The maximum atomic E-state index is 12.8. The lowest BCUT2D eigenvalue weighted by Gasteiger charge is -2.22. The van der Waals surface area contributed by atoms with Crippen LogP contribution in [0.3, 0.4) is 0 Å². The third-order valence-electron chi connectivity index (χ3n) is 4.98. The number of carbonyl (C=O) groups excluding carboxylic acids is 2. The molecule has 1 unspecified atom stereocenters. The molecule has 2 aromatic rings. The number of amides is 2. The standard InChI is InChI=1S/C19H18N2O4S/c1-13-6-8-15(9-7-13)26(24,25)20-11-10-14(12-20)21-18(22)16-4-2-3-5-17(16)19(21)23/h2-9,14H,10-12H2,1H3. The van der Waals surface area contributed by atoms with Gasteiger partial charge in [-0.25, -0.2) is 8.42 Å². The van der Waals surface area contributed by atoms with E-state index in [0.717, 1.165) is 5.56 Å². The van der Waals surface area contributed by atoms with Crippen molar-refractivity contribution in [1.82, 2.24) is 9.21 Å². The second-order valence-electron chi connectivity index (χ2n) is 6.64. The molecule has 1 atom stereocenters. The van der Waals surface area contributed by atoms with E-state index >= 15 is 0 Å². The van der Waals surface area contributed by atoms with Gasteiger partial charge in [0.15, 0.2) is 0 Å². The summed E-state index contributed by atoms with van der Waals surface area (Å²) in [7, 11) is -3.64. The molecule has 6 nitrogen and oxygen atoms in total. The smallest absolute Gasteiger partial charge is 0.261 e. The zero-order valence-corrected chi connectivity index (χ0v) is 15.1. The lowest BCUT2D eigenvalue weighted by Crippen LogP contribution is -2.42. The predicted molar refractivity (Wildman–Crippen MR) is 95.3 cm³/mol. The normalized spacial score (nSPS) is 20.7. The second kappa shape index (κ2) is 6.03. The molecule has 0 saturated carbocycles. The number of hydrogen-bond acceptors (Lipinski definition) is 4. The molecule has 1 saturated heterocycles. The maximum absolute atomic E-state index is 12.8. The molecule has 26 heavy (non-hydrogen) atoms. The highest BCUT2D eigenvalue weighted by atomic mass is 32.2. The first-order chi connectivity index (χ1) is 12.4. The zero-order chi connectivity index (χ0) is 18.5. The van der Waals surface area contributed by atoms with E-state index in [0.29, 0.717) is 17.5 Å². The molecule has 1 fully saturated rings. The molecule has 2 aliphatic rings. The Morgan fingerprint density at radius 2 is 1.50 bits per heavy atom.